The van der Waals surface area contributed by atoms with E-state index in [0.29, 0.717) is 0 Å². The second-order valence-electron chi connectivity index (χ2n) is 5.05. The van der Waals surface area contributed by atoms with E-state index < -0.39 is 0 Å². The number of hydrogen-bond donors (Lipinski definition) is 1. The van der Waals surface area contributed by atoms with E-state index in [9.17, 15) is 4.79 Å². The van der Waals surface area contributed by atoms with E-state index in [-0.39, 0.29) is 18.0 Å². The summed E-state index contributed by atoms with van der Waals surface area (Å²) < 4.78 is 0.880. The van der Waals surface area contributed by atoms with Gasteiger partial charge in [-0.25, -0.2) is 0 Å². The Labute approximate surface area is 117 Å². The maximum absolute atomic E-state index is 12.6. The topological polar surface area (TPSA) is 32.3 Å². The van der Waals surface area contributed by atoms with Crippen molar-refractivity contribution in [3.05, 3.63) is 33.8 Å². The Morgan fingerprint density at radius 1 is 1.33 bits per heavy atom. The van der Waals surface area contributed by atoms with E-state index in [1.807, 2.05) is 30.0 Å². The molecule has 0 aromatic heterocycles. The van der Waals surface area contributed by atoms with Crippen LogP contribution in [0.3, 0.4) is 0 Å². The van der Waals surface area contributed by atoms with Gasteiger partial charge >= 0.3 is 0 Å². The first kappa shape index (κ1) is 13.6. The van der Waals surface area contributed by atoms with E-state index >= 15 is 0 Å². The molecule has 1 aliphatic rings. The van der Waals surface area contributed by atoms with Crippen molar-refractivity contribution in [3.8, 4) is 0 Å². The molecular weight excluding hydrogens is 292 g/mol. The van der Waals surface area contributed by atoms with Gasteiger partial charge in [-0.1, -0.05) is 6.07 Å². The van der Waals surface area contributed by atoms with Crippen molar-refractivity contribution in [2.75, 3.05) is 13.1 Å². The predicted molar refractivity (Wildman–Crippen MR) is 76.8 cm³/mol. The summed E-state index contributed by atoms with van der Waals surface area (Å²) in [5.41, 5.74) is 1.90. The number of carbonyl (C=O) groups is 1. The number of halogens is 1. The quantitative estimate of drug-likeness (QED) is 0.864. The predicted octanol–water partition coefficient (Wildman–Crippen LogP) is 2.58. The molecule has 98 valence electrons. The zero-order chi connectivity index (χ0) is 13.3. The molecule has 2 atom stereocenters. The highest BCUT2D eigenvalue weighted by Crippen LogP contribution is 2.22. The Kier molecular flexibility index (Phi) is 4.07. The van der Waals surface area contributed by atoms with Crippen LogP contribution in [-0.4, -0.2) is 36.0 Å². The molecule has 1 aromatic rings. The van der Waals surface area contributed by atoms with Gasteiger partial charge in [0.05, 0.1) is 5.56 Å². The van der Waals surface area contributed by atoms with Gasteiger partial charge in [0.25, 0.3) is 5.91 Å². The van der Waals surface area contributed by atoms with Gasteiger partial charge in [0, 0.05) is 29.6 Å². The smallest absolute Gasteiger partial charge is 0.255 e. The fraction of sp³-hybridized carbons (Fsp3) is 0.500. The standard InChI is InChI=1S/C14H19BrN2O/c1-9-4-5-12(13(15)6-9)14(18)17-10(2)7-16-8-11(17)3/h4-6,10-11,16H,7-8H2,1-3H3. The van der Waals surface area contributed by atoms with Gasteiger partial charge in [-0.3, -0.25) is 4.79 Å². The summed E-state index contributed by atoms with van der Waals surface area (Å²) in [5, 5.41) is 3.34. The fourth-order valence-corrected chi connectivity index (χ4v) is 3.13. The zero-order valence-electron chi connectivity index (χ0n) is 11.0. The van der Waals surface area contributed by atoms with Crippen LogP contribution in [-0.2, 0) is 0 Å². The number of hydrogen-bond acceptors (Lipinski definition) is 2. The lowest BCUT2D eigenvalue weighted by Gasteiger charge is -2.39. The van der Waals surface area contributed by atoms with Crippen LogP contribution in [0.2, 0.25) is 0 Å². The Hall–Kier alpha value is -0.870. The lowest BCUT2D eigenvalue weighted by Crippen LogP contribution is -2.57. The molecule has 1 heterocycles. The average molecular weight is 311 g/mol. The van der Waals surface area contributed by atoms with Crippen molar-refractivity contribution in [1.82, 2.24) is 10.2 Å². The second kappa shape index (κ2) is 5.41. The normalized spacial score (nSPS) is 24.1. The van der Waals surface area contributed by atoms with E-state index in [0.717, 1.165) is 28.7 Å². The molecule has 1 saturated heterocycles. The molecule has 3 nitrogen and oxygen atoms in total. The Balaban J connectivity index is 2.29. The summed E-state index contributed by atoms with van der Waals surface area (Å²) in [5.74, 6) is 0.114. The summed E-state index contributed by atoms with van der Waals surface area (Å²) in [6.07, 6.45) is 0. The van der Waals surface area contributed by atoms with Crippen LogP contribution in [0, 0.1) is 6.92 Å². The number of nitrogens with zero attached hydrogens (tertiary/aromatic N) is 1. The fourth-order valence-electron chi connectivity index (χ4n) is 2.47. The molecule has 2 unspecified atom stereocenters. The first-order valence-electron chi connectivity index (χ1n) is 6.30. The molecule has 0 spiro atoms. The van der Waals surface area contributed by atoms with E-state index in [1.54, 1.807) is 0 Å². The number of carbonyl (C=O) groups excluding carboxylic acids is 1. The molecule has 1 N–H and O–H groups in total. The van der Waals surface area contributed by atoms with Crippen molar-refractivity contribution in [3.63, 3.8) is 0 Å². The SMILES string of the molecule is Cc1ccc(C(=O)N2C(C)CNCC2C)c(Br)c1. The number of benzene rings is 1. The van der Waals surface area contributed by atoms with Gasteiger partial charge in [0.15, 0.2) is 0 Å². The maximum atomic E-state index is 12.6. The van der Waals surface area contributed by atoms with Gasteiger partial charge in [-0.05, 0) is 54.4 Å². The van der Waals surface area contributed by atoms with Crippen LogP contribution < -0.4 is 5.32 Å². The molecule has 0 aliphatic carbocycles. The van der Waals surface area contributed by atoms with Gasteiger partial charge in [0.2, 0.25) is 0 Å². The number of rotatable bonds is 1. The maximum Gasteiger partial charge on any atom is 0.255 e. The highest BCUT2D eigenvalue weighted by Gasteiger charge is 2.30. The summed E-state index contributed by atoms with van der Waals surface area (Å²) in [4.78, 5) is 14.6. The minimum Gasteiger partial charge on any atom is -0.331 e. The van der Waals surface area contributed by atoms with Crippen LogP contribution in [0.25, 0.3) is 0 Å². The van der Waals surface area contributed by atoms with Gasteiger partial charge in [0.1, 0.15) is 0 Å². The molecule has 0 bridgehead atoms. The van der Waals surface area contributed by atoms with Crippen molar-refractivity contribution in [2.24, 2.45) is 0 Å². The lowest BCUT2D eigenvalue weighted by atomic mass is 10.1. The van der Waals surface area contributed by atoms with Crippen LogP contribution >= 0.6 is 15.9 Å². The first-order chi connectivity index (χ1) is 8.50. The third-order valence-corrected chi connectivity index (χ3v) is 4.07. The van der Waals surface area contributed by atoms with Crippen LogP contribution in [0.5, 0.6) is 0 Å². The largest absolute Gasteiger partial charge is 0.331 e. The van der Waals surface area contributed by atoms with E-state index in [2.05, 4.69) is 35.1 Å². The molecule has 2 rings (SSSR count). The van der Waals surface area contributed by atoms with Crippen molar-refractivity contribution in [1.29, 1.82) is 0 Å². The minimum absolute atomic E-state index is 0.114. The highest BCUT2D eigenvalue weighted by atomic mass is 79.9. The molecule has 0 radical (unpaired) electrons. The Bertz CT molecular complexity index is 451. The average Bonchev–Trinajstić information content (AvgIpc) is 2.28. The van der Waals surface area contributed by atoms with Crippen molar-refractivity contribution in [2.45, 2.75) is 32.9 Å². The lowest BCUT2D eigenvalue weighted by molar-refractivity contribution is 0.0543. The number of nitrogens with one attached hydrogen (secondary N) is 1. The summed E-state index contributed by atoms with van der Waals surface area (Å²) >= 11 is 3.49. The Morgan fingerprint density at radius 2 is 1.94 bits per heavy atom. The van der Waals surface area contributed by atoms with Crippen molar-refractivity contribution < 1.29 is 4.79 Å². The summed E-state index contributed by atoms with van der Waals surface area (Å²) in [6, 6.07) is 6.34. The molecular formula is C14H19BrN2O. The van der Waals surface area contributed by atoms with Crippen LogP contribution in [0.1, 0.15) is 29.8 Å². The van der Waals surface area contributed by atoms with E-state index in [1.165, 1.54) is 0 Å². The molecule has 1 fully saturated rings. The van der Waals surface area contributed by atoms with Gasteiger partial charge in [-0.15, -0.1) is 0 Å². The van der Waals surface area contributed by atoms with Crippen LogP contribution in [0.15, 0.2) is 22.7 Å². The number of piperazine rings is 1. The molecule has 18 heavy (non-hydrogen) atoms. The molecule has 1 aliphatic heterocycles. The summed E-state index contributed by atoms with van der Waals surface area (Å²) in [7, 11) is 0. The number of aryl methyl sites for hydroxylation is 1. The molecule has 4 heteroatoms. The molecule has 1 amide bonds. The minimum atomic E-state index is 0.114. The first-order valence-corrected chi connectivity index (χ1v) is 7.09. The van der Waals surface area contributed by atoms with E-state index in [4.69, 9.17) is 0 Å². The highest BCUT2D eigenvalue weighted by molar-refractivity contribution is 9.10. The molecule has 0 saturated carbocycles. The third-order valence-electron chi connectivity index (χ3n) is 3.42. The zero-order valence-corrected chi connectivity index (χ0v) is 12.6. The summed E-state index contributed by atoms with van der Waals surface area (Å²) in [6.45, 7) is 7.92. The Morgan fingerprint density at radius 3 is 2.50 bits per heavy atom. The number of amides is 1. The third kappa shape index (κ3) is 2.59. The van der Waals surface area contributed by atoms with Crippen LogP contribution in [0.4, 0.5) is 0 Å². The van der Waals surface area contributed by atoms with Gasteiger partial charge in [-0.2, -0.15) is 0 Å². The second-order valence-corrected chi connectivity index (χ2v) is 5.91. The monoisotopic (exact) mass is 310 g/mol. The van der Waals surface area contributed by atoms with Gasteiger partial charge < -0.3 is 10.2 Å². The molecule has 1 aromatic carbocycles. The van der Waals surface area contributed by atoms with Crippen molar-refractivity contribution >= 4 is 21.8 Å².